The number of aromatic nitrogens is 5. The molecule has 0 bridgehead atoms. The number of ether oxygens (including phenoxy) is 1. The second kappa shape index (κ2) is 10.8. The number of pyridine rings is 1. The van der Waals surface area contributed by atoms with E-state index in [4.69, 9.17) is 9.72 Å². The monoisotopic (exact) mass is 618 g/mol. The van der Waals surface area contributed by atoms with Gasteiger partial charge in [0.05, 0.1) is 40.0 Å². The summed E-state index contributed by atoms with van der Waals surface area (Å²) in [6.07, 6.45) is 2.21. The lowest BCUT2D eigenvalue weighted by Crippen LogP contribution is -2.56. The molecule has 1 aliphatic heterocycles. The molecule has 41 heavy (non-hydrogen) atoms. The summed E-state index contributed by atoms with van der Waals surface area (Å²) in [6.45, 7) is 2.70. The number of nitrogens with one attached hydrogen (secondary N) is 1. The maximum atomic E-state index is 11.5. The van der Waals surface area contributed by atoms with E-state index in [1.807, 2.05) is 65.9 Å². The topological polar surface area (TPSA) is 142 Å². The van der Waals surface area contributed by atoms with E-state index >= 15 is 0 Å². The molecule has 0 unspecified atom stereocenters. The number of aliphatic hydroxyl groups excluding tert-OH is 1. The number of hydrogen-bond acceptors (Lipinski definition) is 9. The Morgan fingerprint density at radius 3 is 2.76 bits per heavy atom. The summed E-state index contributed by atoms with van der Waals surface area (Å²) in [7, 11) is 1.96. The van der Waals surface area contributed by atoms with Gasteiger partial charge < -0.3 is 29.7 Å². The van der Waals surface area contributed by atoms with Gasteiger partial charge in [-0.25, -0.2) is 24.7 Å². The summed E-state index contributed by atoms with van der Waals surface area (Å²) < 4.78 is 8.84. The Labute approximate surface area is 243 Å². The van der Waals surface area contributed by atoms with Crippen molar-refractivity contribution in [3.8, 4) is 11.5 Å². The number of nitrogens with zero attached hydrogens (tertiary/aromatic N) is 7. The minimum Gasteiger partial charge on any atom is -0.465 e. The molecule has 4 heterocycles. The van der Waals surface area contributed by atoms with Crippen molar-refractivity contribution in [1.29, 1.82) is 0 Å². The van der Waals surface area contributed by atoms with E-state index in [0.717, 1.165) is 32.5 Å². The van der Waals surface area contributed by atoms with Crippen molar-refractivity contribution in [3.05, 3.63) is 65.2 Å². The van der Waals surface area contributed by atoms with Crippen molar-refractivity contribution in [3.63, 3.8) is 0 Å². The van der Waals surface area contributed by atoms with Gasteiger partial charge in [-0.3, -0.25) is 4.90 Å². The molecule has 3 aromatic heterocycles. The summed E-state index contributed by atoms with van der Waals surface area (Å²) in [5, 5.41) is 22.6. The van der Waals surface area contributed by atoms with Crippen LogP contribution in [0.1, 0.15) is 5.56 Å². The molecule has 0 saturated carbocycles. The highest BCUT2D eigenvalue weighted by molar-refractivity contribution is 9.10. The van der Waals surface area contributed by atoms with Gasteiger partial charge in [0.15, 0.2) is 5.82 Å². The van der Waals surface area contributed by atoms with E-state index < -0.39 is 12.1 Å². The Bertz CT molecular complexity index is 1780. The number of carbonyl (C=O) groups is 1. The van der Waals surface area contributed by atoms with Gasteiger partial charge in [-0.2, -0.15) is 0 Å². The summed E-state index contributed by atoms with van der Waals surface area (Å²) >= 11 is 3.59. The van der Waals surface area contributed by atoms with Crippen LogP contribution in [0.2, 0.25) is 0 Å². The van der Waals surface area contributed by atoms with E-state index in [0.29, 0.717) is 41.5 Å². The molecule has 1 saturated heterocycles. The number of benzene rings is 2. The van der Waals surface area contributed by atoms with Crippen LogP contribution in [0.4, 0.5) is 22.1 Å². The number of amides is 1. The molecule has 0 spiro atoms. The SMILES string of the molecule is Cc1cc(Nc2ncnc3cc(Br)c(N4CCN(C(=O)O)[C@H](CO)C4)nc23)ccc1Oc1ccc2c(c1)ncn2C. The summed E-state index contributed by atoms with van der Waals surface area (Å²) in [6, 6.07) is 12.9. The lowest BCUT2D eigenvalue weighted by molar-refractivity contribution is 0.0909. The third-order valence-corrected chi connectivity index (χ3v) is 7.73. The van der Waals surface area contributed by atoms with Gasteiger partial charge in [0.2, 0.25) is 0 Å². The van der Waals surface area contributed by atoms with Crippen molar-refractivity contribution in [2.24, 2.45) is 7.05 Å². The molecule has 0 aliphatic carbocycles. The van der Waals surface area contributed by atoms with Crippen LogP contribution in [0.15, 0.2) is 59.6 Å². The number of halogens is 1. The smallest absolute Gasteiger partial charge is 0.407 e. The van der Waals surface area contributed by atoms with Crippen LogP contribution >= 0.6 is 15.9 Å². The van der Waals surface area contributed by atoms with Crippen molar-refractivity contribution in [2.75, 3.05) is 36.5 Å². The third-order valence-electron chi connectivity index (χ3n) is 7.15. The first-order chi connectivity index (χ1) is 19.8. The van der Waals surface area contributed by atoms with E-state index in [1.165, 1.54) is 11.2 Å². The molecule has 1 amide bonds. The second-order valence-corrected chi connectivity index (χ2v) is 10.7. The van der Waals surface area contributed by atoms with Crippen molar-refractivity contribution in [1.82, 2.24) is 29.4 Å². The van der Waals surface area contributed by atoms with Gasteiger partial charge in [-0.15, -0.1) is 0 Å². The normalized spacial score (nSPS) is 15.5. The predicted octanol–water partition coefficient (Wildman–Crippen LogP) is 4.68. The van der Waals surface area contributed by atoms with Crippen molar-refractivity contribution in [2.45, 2.75) is 13.0 Å². The van der Waals surface area contributed by atoms with E-state index in [2.05, 4.69) is 36.2 Å². The number of piperazine rings is 1. The average molecular weight is 619 g/mol. The first-order valence-electron chi connectivity index (χ1n) is 12.9. The quantitative estimate of drug-likeness (QED) is 0.245. The Kier molecular flexibility index (Phi) is 7.05. The Hall–Kier alpha value is -4.49. The molecule has 6 rings (SSSR count). The van der Waals surface area contributed by atoms with E-state index in [1.54, 1.807) is 6.33 Å². The molecule has 3 N–H and O–H groups in total. The summed E-state index contributed by atoms with van der Waals surface area (Å²) in [4.78, 5) is 32.9. The number of imidazole rings is 1. The molecular weight excluding hydrogens is 592 g/mol. The molecule has 1 aliphatic rings. The van der Waals surface area contributed by atoms with Crippen LogP contribution in [-0.4, -0.2) is 78.0 Å². The minimum atomic E-state index is -1.05. The standard InChI is InChI=1S/C28H27BrN8O4/c1-16-9-17(3-6-24(16)41-19-4-5-23-21(10-19)32-15-35(23)2)33-26-25-22(30-14-31-26)11-20(29)27(34-25)36-7-8-37(28(39)40)18(12-36)13-38/h3-6,9-11,14-15,18,38H,7-8,12-13H2,1-2H3,(H,39,40)(H,30,31,33)/t18-/m0/s1. The fourth-order valence-electron chi connectivity index (χ4n) is 5.01. The molecule has 12 nitrogen and oxygen atoms in total. The zero-order valence-electron chi connectivity index (χ0n) is 22.3. The highest BCUT2D eigenvalue weighted by atomic mass is 79.9. The van der Waals surface area contributed by atoms with Crippen LogP contribution < -0.4 is 15.0 Å². The maximum absolute atomic E-state index is 11.5. The molecule has 1 fully saturated rings. The molecule has 5 aromatic rings. The maximum Gasteiger partial charge on any atom is 0.407 e. The van der Waals surface area contributed by atoms with Gasteiger partial charge in [0.1, 0.15) is 29.2 Å². The Balaban J connectivity index is 1.25. The molecule has 13 heteroatoms. The van der Waals surface area contributed by atoms with E-state index in [-0.39, 0.29) is 13.2 Å². The number of carboxylic acid groups (broad SMARTS) is 1. The van der Waals surface area contributed by atoms with E-state index in [9.17, 15) is 15.0 Å². The first-order valence-corrected chi connectivity index (χ1v) is 13.7. The zero-order chi connectivity index (χ0) is 28.7. The van der Waals surface area contributed by atoms with Crippen LogP contribution in [0.3, 0.4) is 0 Å². The Morgan fingerprint density at radius 1 is 1.12 bits per heavy atom. The fraction of sp³-hybridized carbons (Fsp3) is 0.250. The summed E-state index contributed by atoms with van der Waals surface area (Å²) in [5.74, 6) is 2.59. The number of hydrogen-bond donors (Lipinski definition) is 3. The fourth-order valence-corrected chi connectivity index (χ4v) is 5.56. The van der Waals surface area contributed by atoms with Crippen LogP contribution in [0.5, 0.6) is 11.5 Å². The van der Waals surface area contributed by atoms with Gasteiger partial charge >= 0.3 is 6.09 Å². The lowest BCUT2D eigenvalue weighted by Gasteiger charge is -2.40. The summed E-state index contributed by atoms with van der Waals surface area (Å²) in [5.41, 5.74) is 4.83. The van der Waals surface area contributed by atoms with Crippen LogP contribution in [0, 0.1) is 6.92 Å². The van der Waals surface area contributed by atoms with Gasteiger partial charge in [0, 0.05) is 38.4 Å². The average Bonchev–Trinajstić information content (AvgIpc) is 3.33. The third kappa shape index (κ3) is 5.21. The van der Waals surface area contributed by atoms with Crippen LogP contribution in [0.25, 0.3) is 22.1 Å². The largest absolute Gasteiger partial charge is 0.465 e. The van der Waals surface area contributed by atoms with Crippen LogP contribution in [-0.2, 0) is 7.05 Å². The second-order valence-electron chi connectivity index (χ2n) is 9.86. The lowest BCUT2D eigenvalue weighted by atomic mass is 10.2. The zero-order valence-corrected chi connectivity index (χ0v) is 23.9. The number of aliphatic hydroxyl groups is 1. The predicted molar refractivity (Wildman–Crippen MR) is 158 cm³/mol. The minimum absolute atomic E-state index is 0.256. The number of anilines is 3. The van der Waals surface area contributed by atoms with Gasteiger partial charge in [-0.1, -0.05) is 0 Å². The molecule has 210 valence electrons. The molecular formula is C28H27BrN8O4. The first kappa shape index (κ1) is 26.7. The highest BCUT2D eigenvalue weighted by Crippen LogP contribution is 2.33. The number of aryl methyl sites for hydroxylation is 2. The molecule has 1 atom stereocenters. The van der Waals surface area contributed by atoms with Gasteiger partial charge in [0.25, 0.3) is 0 Å². The highest BCUT2D eigenvalue weighted by Gasteiger charge is 2.31. The number of fused-ring (bicyclic) bond motifs is 2. The van der Waals surface area contributed by atoms with Crippen molar-refractivity contribution < 1.29 is 19.7 Å². The van der Waals surface area contributed by atoms with Crippen molar-refractivity contribution >= 4 is 61.4 Å². The number of rotatable bonds is 6. The van der Waals surface area contributed by atoms with Gasteiger partial charge in [-0.05, 0) is 64.8 Å². The Morgan fingerprint density at radius 2 is 1.98 bits per heavy atom. The molecule has 2 aromatic carbocycles. The molecule has 0 radical (unpaired) electrons.